The SMILES string of the molecule is CCCNC(=O)c1ccc(NC(=O)c2ccc(S(=O)(=O)Nc3ccc(C)cc3)cc2)cc1. The molecule has 0 aromatic heterocycles. The lowest BCUT2D eigenvalue weighted by Gasteiger charge is -2.10. The molecule has 2 amide bonds. The van der Waals surface area contributed by atoms with Crippen LogP contribution in [0.15, 0.2) is 77.7 Å². The van der Waals surface area contributed by atoms with Gasteiger partial charge >= 0.3 is 0 Å². The van der Waals surface area contributed by atoms with Crippen LogP contribution in [0, 0.1) is 6.92 Å². The van der Waals surface area contributed by atoms with Crippen LogP contribution in [0.3, 0.4) is 0 Å². The van der Waals surface area contributed by atoms with Crippen molar-refractivity contribution in [2.45, 2.75) is 25.2 Å². The maximum Gasteiger partial charge on any atom is 0.261 e. The van der Waals surface area contributed by atoms with Crippen molar-refractivity contribution in [2.75, 3.05) is 16.6 Å². The van der Waals surface area contributed by atoms with Gasteiger partial charge < -0.3 is 10.6 Å². The number of rotatable bonds is 8. The highest BCUT2D eigenvalue weighted by atomic mass is 32.2. The Morgan fingerprint density at radius 2 is 1.28 bits per heavy atom. The van der Waals surface area contributed by atoms with Crippen LogP contribution >= 0.6 is 0 Å². The number of anilines is 2. The Labute approximate surface area is 187 Å². The number of nitrogens with one attached hydrogen (secondary N) is 3. The largest absolute Gasteiger partial charge is 0.352 e. The quantitative estimate of drug-likeness (QED) is 0.478. The van der Waals surface area contributed by atoms with Crippen molar-refractivity contribution in [3.05, 3.63) is 89.5 Å². The molecule has 3 aromatic rings. The van der Waals surface area contributed by atoms with Crippen molar-refractivity contribution in [2.24, 2.45) is 0 Å². The molecule has 0 unspecified atom stereocenters. The van der Waals surface area contributed by atoms with Gasteiger partial charge in [0.2, 0.25) is 0 Å². The summed E-state index contributed by atoms with van der Waals surface area (Å²) in [5.74, 6) is -0.551. The first-order valence-electron chi connectivity index (χ1n) is 10.2. The van der Waals surface area contributed by atoms with Gasteiger partial charge in [0.05, 0.1) is 4.90 Å². The van der Waals surface area contributed by atoms with E-state index in [1.165, 1.54) is 24.3 Å². The van der Waals surface area contributed by atoms with E-state index in [0.717, 1.165) is 12.0 Å². The number of benzene rings is 3. The first-order chi connectivity index (χ1) is 15.3. The van der Waals surface area contributed by atoms with Crippen LogP contribution in [0.1, 0.15) is 39.6 Å². The van der Waals surface area contributed by atoms with E-state index < -0.39 is 10.0 Å². The van der Waals surface area contributed by atoms with Crippen molar-refractivity contribution in [3.63, 3.8) is 0 Å². The predicted octanol–water partition coefficient (Wildman–Crippen LogP) is 4.19. The lowest BCUT2D eigenvalue weighted by Crippen LogP contribution is -2.23. The molecule has 0 aliphatic heterocycles. The Kier molecular flexibility index (Phi) is 7.27. The molecule has 3 aromatic carbocycles. The fourth-order valence-electron chi connectivity index (χ4n) is 2.87. The first kappa shape index (κ1) is 23.0. The number of sulfonamides is 1. The average molecular weight is 452 g/mol. The van der Waals surface area contributed by atoms with Gasteiger partial charge in [-0.2, -0.15) is 0 Å². The molecule has 7 nitrogen and oxygen atoms in total. The van der Waals surface area contributed by atoms with Crippen molar-refractivity contribution >= 4 is 33.2 Å². The molecule has 0 fully saturated rings. The van der Waals surface area contributed by atoms with Gasteiger partial charge in [0, 0.05) is 29.0 Å². The molecule has 0 radical (unpaired) electrons. The molecule has 0 atom stereocenters. The Hall–Kier alpha value is -3.65. The fraction of sp³-hybridized carbons (Fsp3) is 0.167. The number of carbonyl (C=O) groups excluding carboxylic acids is 2. The normalized spacial score (nSPS) is 10.9. The summed E-state index contributed by atoms with van der Waals surface area (Å²) in [6, 6.07) is 19.2. The molecule has 0 aliphatic rings. The minimum atomic E-state index is -3.77. The lowest BCUT2D eigenvalue weighted by molar-refractivity contribution is 0.0953. The monoisotopic (exact) mass is 451 g/mol. The van der Waals surface area contributed by atoms with Crippen molar-refractivity contribution in [3.8, 4) is 0 Å². The summed E-state index contributed by atoms with van der Waals surface area (Å²) in [4.78, 5) is 24.5. The van der Waals surface area contributed by atoms with E-state index in [4.69, 9.17) is 0 Å². The van der Waals surface area contributed by atoms with Crippen LogP contribution in [-0.4, -0.2) is 26.8 Å². The zero-order valence-electron chi connectivity index (χ0n) is 17.9. The van der Waals surface area contributed by atoms with Crippen LogP contribution in [0.4, 0.5) is 11.4 Å². The van der Waals surface area contributed by atoms with Gasteiger partial charge in [-0.15, -0.1) is 0 Å². The van der Waals surface area contributed by atoms with E-state index in [1.54, 1.807) is 36.4 Å². The highest BCUT2D eigenvalue weighted by Gasteiger charge is 2.15. The third kappa shape index (κ3) is 5.95. The van der Waals surface area contributed by atoms with Gasteiger partial charge in [0.1, 0.15) is 0 Å². The molecule has 32 heavy (non-hydrogen) atoms. The molecular formula is C24H25N3O4S. The molecule has 0 saturated carbocycles. The van der Waals surface area contributed by atoms with E-state index in [9.17, 15) is 18.0 Å². The summed E-state index contributed by atoms with van der Waals surface area (Å²) in [7, 11) is -3.77. The van der Waals surface area contributed by atoms with Crippen molar-refractivity contribution in [1.82, 2.24) is 5.32 Å². The standard InChI is InChI=1S/C24H25N3O4S/c1-3-16-25-23(28)18-6-12-20(13-7-18)26-24(29)19-8-14-22(15-9-19)32(30,31)27-21-10-4-17(2)5-11-21/h4-15,27H,3,16H2,1-2H3,(H,25,28)(H,26,29). The predicted molar refractivity (Wildman–Crippen MR) is 125 cm³/mol. The van der Waals surface area contributed by atoms with Gasteiger partial charge in [0.15, 0.2) is 0 Å². The number of amides is 2. The van der Waals surface area contributed by atoms with E-state index in [1.807, 2.05) is 26.0 Å². The Bertz CT molecular complexity index is 1190. The summed E-state index contributed by atoms with van der Waals surface area (Å²) < 4.78 is 27.7. The maximum atomic E-state index is 12.6. The second-order valence-corrected chi connectivity index (χ2v) is 8.97. The summed E-state index contributed by atoms with van der Waals surface area (Å²) in [6.07, 6.45) is 0.849. The number of aryl methyl sites for hydroxylation is 1. The third-order valence-corrected chi connectivity index (χ3v) is 6.07. The van der Waals surface area contributed by atoms with Crippen molar-refractivity contribution in [1.29, 1.82) is 0 Å². The maximum absolute atomic E-state index is 12.6. The lowest BCUT2D eigenvalue weighted by atomic mass is 10.1. The van der Waals surface area contributed by atoms with E-state index >= 15 is 0 Å². The number of hydrogen-bond donors (Lipinski definition) is 3. The second kappa shape index (κ2) is 10.1. The minimum Gasteiger partial charge on any atom is -0.352 e. The number of carbonyl (C=O) groups is 2. The van der Waals surface area contributed by atoms with Crippen LogP contribution in [0.5, 0.6) is 0 Å². The number of hydrogen-bond acceptors (Lipinski definition) is 4. The van der Waals surface area contributed by atoms with Gasteiger partial charge in [-0.25, -0.2) is 8.42 Å². The van der Waals surface area contributed by atoms with Crippen LogP contribution < -0.4 is 15.4 Å². The van der Waals surface area contributed by atoms with E-state index in [-0.39, 0.29) is 16.7 Å². The molecule has 0 heterocycles. The zero-order valence-corrected chi connectivity index (χ0v) is 18.7. The Morgan fingerprint density at radius 3 is 1.88 bits per heavy atom. The highest BCUT2D eigenvalue weighted by Crippen LogP contribution is 2.18. The Morgan fingerprint density at radius 1 is 0.750 bits per heavy atom. The molecule has 0 saturated heterocycles. The highest BCUT2D eigenvalue weighted by molar-refractivity contribution is 7.92. The molecule has 0 bridgehead atoms. The van der Waals surface area contributed by atoms with Crippen LogP contribution in [0.25, 0.3) is 0 Å². The molecule has 8 heteroatoms. The molecular weight excluding hydrogens is 426 g/mol. The van der Waals surface area contributed by atoms with Crippen LogP contribution in [-0.2, 0) is 10.0 Å². The minimum absolute atomic E-state index is 0.0528. The molecule has 3 rings (SSSR count). The first-order valence-corrected chi connectivity index (χ1v) is 11.7. The van der Waals surface area contributed by atoms with Gasteiger partial charge in [-0.1, -0.05) is 24.6 Å². The third-order valence-electron chi connectivity index (χ3n) is 4.67. The van der Waals surface area contributed by atoms with Gasteiger partial charge in [-0.3, -0.25) is 14.3 Å². The fourth-order valence-corrected chi connectivity index (χ4v) is 3.93. The average Bonchev–Trinajstić information content (AvgIpc) is 2.79. The summed E-state index contributed by atoms with van der Waals surface area (Å²) in [5.41, 5.74) is 2.83. The van der Waals surface area contributed by atoms with Gasteiger partial charge in [-0.05, 0) is 74.0 Å². The summed E-state index contributed by atoms with van der Waals surface area (Å²) in [6.45, 7) is 4.49. The molecule has 166 valence electrons. The molecule has 0 spiro atoms. The topological polar surface area (TPSA) is 104 Å². The molecule has 0 aliphatic carbocycles. The van der Waals surface area contributed by atoms with E-state index in [2.05, 4.69) is 15.4 Å². The second-order valence-electron chi connectivity index (χ2n) is 7.28. The van der Waals surface area contributed by atoms with E-state index in [0.29, 0.717) is 29.0 Å². The zero-order chi connectivity index (χ0) is 23.1. The van der Waals surface area contributed by atoms with Gasteiger partial charge in [0.25, 0.3) is 21.8 Å². The summed E-state index contributed by atoms with van der Waals surface area (Å²) in [5, 5.41) is 5.52. The summed E-state index contributed by atoms with van der Waals surface area (Å²) >= 11 is 0. The Balaban J connectivity index is 1.64. The smallest absolute Gasteiger partial charge is 0.261 e. The molecule has 3 N–H and O–H groups in total. The van der Waals surface area contributed by atoms with Crippen molar-refractivity contribution < 1.29 is 18.0 Å². The van der Waals surface area contributed by atoms with Crippen LogP contribution in [0.2, 0.25) is 0 Å².